The van der Waals surface area contributed by atoms with Crippen LogP contribution in [0.15, 0.2) is 29.3 Å². The second kappa shape index (κ2) is 3.58. The Morgan fingerprint density at radius 3 is 2.62 bits per heavy atom. The fourth-order valence-electron chi connectivity index (χ4n) is 1.29. The lowest BCUT2D eigenvalue weighted by Gasteiger charge is -2.02. The van der Waals surface area contributed by atoms with Crippen LogP contribution in [0.3, 0.4) is 0 Å². The van der Waals surface area contributed by atoms with Crippen molar-refractivity contribution in [3.8, 4) is 0 Å². The second-order valence-corrected chi connectivity index (χ2v) is 2.94. The molecule has 0 atom stereocenters. The Hall–Kier alpha value is -1.35. The zero-order valence-corrected chi connectivity index (χ0v) is 7.36. The number of benzene rings is 1. The van der Waals surface area contributed by atoms with Gasteiger partial charge in [0, 0.05) is 12.1 Å². The van der Waals surface area contributed by atoms with Crippen LogP contribution in [0.2, 0.25) is 0 Å². The van der Waals surface area contributed by atoms with Crippen LogP contribution in [-0.2, 0) is 11.3 Å². The van der Waals surface area contributed by atoms with Gasteiger partial charge in [-0.2, -0.15) is 0 Å². The molecule has 13 heavy (non-hydrogen) atoms. The Morgan fingerprint density at radius 2 is 2.08 bits per heavy atom. The van der Waals surface area contributed by atoms with Gasteiger partial charge < -0.3 is 10.5 Å². The zero-order valence-electron chi connectivity index (χ0n) is 7.36. The summed E-state index contributed by atoms with van der Waals surface area (Å²) >= 11 is 0. The first-order valence-electron chi connectivity index (χ1n) is 4.37. The summed E-state index contributed by atoms with van der Waals surface area (Å²) in [6.07, 6.45) is 0. The fourth-order valence-corrected chi connectivity index (χ4v) is 1.29. The third-order valence-corrected chi connectivity index (χ3v) is 2.02. The minimum atomic E-state index is 0.577. The third kappa shape index (κ3) is 1.70. The number of rotatable bonds is 2. The van der Waals surface area contributed by atoms with Gasteiger partial charge in [-0.15, -0.1) is 0 Å². The normalized spacial score (nSPS) is 15.3. The van der Waals surface area contributed by atoms with Crippen molar-refractivity contribution in [2.45, 2.75) is 6.54 Å². The Kier molecular flexibility index (Phi) is 2.27. The first-order chi connectivity index (χ1) is 6.40. The molecule has 68 valence electrons. The molecule has 0 saturated carbocycles. The standard InChI is InChI=1S/C10H12N2O/c11-7-8-1-3-9(4-2-8)10-12-5-6-13-10/h1-4H,5-7,11H2. The minimum Gasteiger partial charge on any atom is -0.476 e. The summed E-state index contributed by atoms with van der Waals surface area (Å²) < 4.78 is 5.33. The van der Waals surface area contributed by atoms with Crippen molar-refractivity contribution in [3.05, 3.63) is 35.4 Å². The fraction of sp³-hybridized carbons (Fsp3) is 0.300. The average molecular weight is 176 g/mol. The number of nitrogens with zero attached hydrogens (tertiary/aromatic N) is 1. The maximum Gasteiger partial charge on any atom is 0.216 e. The number of hydrogen-bond acceptors (Lipinski definition) is 3. The number of nitrogens with two attached hydrogens (primary N) is 1. The Morgan fingerprint density at radius 1 is 1.31 bits per heavy atom. The van der Waals surface area contributed by atoms with Gasteiger partial charge in [-0.25, -0.2) is 4.99 Å². The molecule has 0 unspecified atom stereocenters. The number of ether oxygens (including phenoxy) is 1. The van der Waals surface area contributed by atoms with Crippen molar-refractivity contribution in [1.29, 1.82) is 0 Å². The molecule has 0 saturated heterocycles. The van der Waals surface area contributed by atoms with Crippen LogP contribution in [0.25, 0.3) is 0 Å². The first-order valence-corrected chi connectivity index (χ1v) is 4.37. The number of aliphatic imine (C=N–C) groups is 1. The summed E-state index contributed by atoms with van der Waals surface area (Å²) in [7, 11) is 0. The van der Waals surface area contributed by atoms with Gasteiger partial charge >= 0.3 is 0 Å². The molecule has 3 heteroatoms. The third-order valence-electron chi connectivity index (χ3n) is 2.02. The van der Waals surface area contributed by atoms with Gasteiger partial charge in [0.15, 0.2) is 0 Å². The van der Waals surface area contributed by atoms with E-state index < -0.39 is 0 Å². The quantitative estimate of drug-likeness (QED) is 0.728. The van der Waals surface area contributed by atoms with E-state index in [9.17, 15) is 0 Å². The van der Waals surface area contributed by atoms with Crippen molar-refractivity contribution in [2.24, 2.45) is 10.7 Å². The van der Waals surface area contributed by atoms with Crippen molar-refractivity contribution in [2.75, 3.05) is 13.2 Å². The second-order valence-electron chi connectivity index (χ2n) is 2.94. The molecule has 1 aromatic carbocycles. The summed E-state index contributed by atoms with van der Waals surface area (Å²) in [5, 5.41) is 0. The van der Waals surface area contributed by atoms with Crippen LogP contribution in [0, 0.1) is 0 Å². The van der Waals surface area contributed by atoms with Gasteiger partial charge in [0.2, 0.25) is 5.90 Å². The Bertz CT molecular complexity index is 316. The van der Waals surface area contributed by atoms with E-state index in [-0.39, 0.29) is 0 Å². The molecule has 1 aliphatic heterocycles. The van der Waals surface area contributed by atoms with Gasteiger partial charge in [-0.05, 0) is 17.7 Å². The lowest BCUT2D eigenvalue weighted by molar-refractivity contribution is 0.348. The smallest absolute Gasteiger partial charge is 0.216 e. The molecular formula is C10H12N2O. The highest BCUT2D eigenvalue weighted by atomic mass is 16.5. The SMILES string of the molecule is NCc1ccc(C2=NCCO2)cc1. The maximum atomic E-state index is 5.49. The van der Waals surface area contributed by atoms with Crippen LogP contribution in [0.5, 0.6) is 0 Å². The summed E-state index contributed by atoms with van der Waals surface area (Å²) in [6.45, 7) is 2.05. The average Bonchev–Trinajstić information content (AvgIpc) is 2.71. The largest absolute Gasteiger partial charge is 0.476 e. The van der Waals surface area contributed by atoms with Crippen LogP contribution >= 0.6 is 0 Å². The van der Waals surface area contributed by atoms with E-state index in [0.717, 1.165) is 23.6 Å². The van der Waals surface area contributed by atoms with E-state index in [2.05, 4.69) is 4.99 Å². The molecule has 2 rings (SSSR count). The minimum absolute atomic E-state index is 0.577. The van der Waals surface area contributed by atoms with E-state index >= 15 is 0 Å². The van der Waals surface area contributed by atoms with E-state index in [4.69, 9.17) is 10.5 Å². The van der Waals surface area contributed by atoms with Gasteiger partial charge in [0.25, 0.3) is 0 Å². The van der Waals surface area contributed by atoms with Crippen molar-refractivity contribution < 1.29 is 4.74 Å². The molecular weight excluding hydrogens is 164 g/mol. The number of hydrogen-bond donors (Lipinski definition) is 1. The molecule has 1 aromatic rings. The van der Waals surface area contributed by atoms with Gasteiger partial charge in [-0.1, -0.05) is 12.1 Å². The predicted octanol–water partition coefficient (Wildman–Crippen LogP) is 0.922. The Balaban J connectivity index is 2.22. The zero-order chi connectivity index (χ0) is 9.10. The lowest BCUT2D eigenvalue weighted by atomic mass is 10.1. The van der Waals surface area contributed by atoms with E-state index in [1.54, 1.807) is 0 Å². The molecule has 3 nitrogen and oxygen atoms in total. The molecule has 0 aromatic heterocycles. The predicted molar refractivity (Wildman–Crippen MR) is 51.7 cm³/mol. The van der Waals surface area contributed by atoms with Crippen LogP contribution in [0.4, 0.5) is 0 Å². The Labute approximate surface area is 77.2 Å². The molecule has 0 radical (unpaired) electrons. The van der Waals surface area contributed by atoms with Gasteiger partial charge in [0.05, 0.1) is 6.54 Å². The molecule has 2 N–H and O–H groups in total. The molecule has 1 aliphatic rings. The highest BCUT2D eigenvalue weighted by Crippen LogP contribution is 2.09. The van der Waals surface area contributed by atoms with Crippen molar-refractivity contribution in [3.63, 3.8) is 0 Å². The van der Waals surface area contributed by atoms with Crippen LogP contribution < -0.4 is 5.73 Å². The topological polar surface area (TPSA) is 47.6 Å². The molecule has 0 spiro atoms. The molecule has 1 heterocycles. The lowest BCUT2D eigenvalue weighted by Crippen LogP contribution is -2.02. The highest BCUT2D eigenvalue weighted by Gasteiger charge is 2.08. The summed E-state index contributed by atoms with van der Waals surface area (Å²) in [4.78, 5) is 4.22. The summed E-state index contributed by atoms with van der Waals surface area (Å²) in [5.41, 5.74) is 7.66. The van der Waals surface area contributed by atoms with Gasteiger partial charge in [-0.3, -0.25) is 0 Å². The highest BCUT2D eigenvalue weighted by molar-refractivity contribution is 5.94. The van der Waals surface area contributed by atoms with Crippen molar-refractivity contribution in [1.82, 2.24) is 0 Å². The molecule has 0 fully saturated rings. The van der Waals surface area contributed by atoms with Crippen LogP contribution in [0.1, 0.15) is 11.1 Å². The summed E-state index contributed by atoms with van der Waals surface area (Å²) in [6, 6.07) is 7.98. The van der Waals surface area contributed by atoms with E-state index in [0.29, 0.717) is 13.2 Å². The molecule has 0 bridgehead atoms. The summed E-state index contributed by atoms with van der Waals surface area (Å²) in [5.74, 6) is 0.753. The van der Waals surface area contributed by atoms with Crippen LogP contribution in [-0.4, -0.2) is 19.0 Å². The van der Waals surface area contributed by atoms with E-state index in [1.807, 2.05) is 24.3 Å². The van der Waals surface area contributed by atoms with Crippen molar-refractivity contribution >= 4 is 5.90 Å². The first kappa shape index (κ1) is 8.26. The maximum absolute atomic E-state index is 5.49. The molecule has 0 aliphatic carbocycles. The van der Waals surface area contributed by atoms with E-state index in [1.165, 1.54) is 0 Å². The molecule has 0 amide bonds. The monoisotopic (exact) mass is 176 g/mol. The van der Waals surface area contributed by atoms with Gasteiger partial charge in [0.1, 0.15) is 6.61 Å².